The van der Waals surface area contributed by atoms with E-state index in [2.05, 4.69) is 12.8 Å². The number of thiol groups is 1. The van der Waals surface area contributed by atoms with Gasteiger partial charge >= 0.3 is 0 Å². The molecule has 1 N–H and O–H groups in total. The van der Waals surface area contributed by atoms with E-state index in [0.717, 1.165) is 3.71 Å². The van der Waals surface area contributed by atoms with E-state index in [0.29, 0.717) is 24.3 Å². The molecule has 1 amide bonds. The Morgan fingerprint density at radius 1 is 1.12 bits per heavy atom. The third kappa shape index (κ3) is 3.16. The summed E-state index contributed by atoms with van der Waals surface area (Å²) >= 11 is 1.59. The maximum Gasteiger partial charge on any atom is 0.255 e. The molecule has 3 rings (SSSR count). The molecule has 0 saturated carbocycles. The summed E-state index contributed by atoms with van der Waals surface area (Å²) in [4.78, 5) is 25.8. The maximum absolute atomic E-state index is 12.4. The van der Waals surface area contributed by atoms with Gasteiger partial charge < -0.3 is 4.90 Å². The number of nitrogens with zero attached hydrogens (tertiary/aromatic N) is 3. The van der Waals surface area contributed by atoms with Gasteiger partial charge in [-0.3, -0.25) is 18.7 Å². The SMILES string of the molecule is O=C1C(N(S)S(=O)O)CCN1c1ccc(-n2ccccc2=O)cc1. The van der Waals surface area contributed by atoms with Crippen molar-refractivity contribution in [2.45, 2.75) is 12.5 Å². The Balaban J connectivity index is 1.82. The molecular weight excluding hydrogens is 350 g/mol. The molecule has 7 nitrogen and oxygen atoms in total. The van der Waals surface area contributed by atoms with E-state index in [9.17, 15) is 13.8 Å². The Morgan fingerprint density at radius 2 is 1.79 bits per heavy atom. The molecule has 1 fully saturated rings. The van der Waals surface area contributed by atoms with Crippen molar-refractivity contribution in [3.63, 3.8) is 0 Å². The Morgan fingerprint density at radius 3 is 2.42 bits per heavy atom. The quantitative estimate of drug-likeness (QED) is 0.631. The molecule has 2 aromatic rings. The van der Waals surface area contributed by atoms with Crippen LogP contribution in [0.2, 0.25) is 0 Å². The highest BCUT2D eigenvalue weighted by atomic mass is 32.2. The summed E-state index contributed by atoms with van der Waals surface area (Å²) < 4.78 is 22.5. The molecule has 0 aliphatic carbocycles. The first-order valence-electron chi connectivity index (χ1n) is 7.17. The number of aromatic nitrogens is 1. The number of pyridine rings is 1. The fourth-order valence-electron chi connectivity index (χ4n) is 2.67. The zero-order chi connectivity index (χ0) is 17.3. The number of benzene rings is 1. The topological polar surface area (TPSA) is 82.8 Å². The number of carbonyl (C=O) groups is 1. The van der Waals surface area contributed by atoms with Gasteiger partial charge in [0, 0.05) is 30.2 Å². The molecular formula is C15H15N3O4S2. The molecule has 2 heterocycles. The summed E-state index contributed by atoms with van der Waals surface area (Å²) in [6, 6.07) is 11.2. The van der Waals surface area contributed by atoms with Gasteiger partial charge in [0.05, 0.1) is 0 Å². The first-order chi connectivity index (χ1) is 11.5. The van der Waals surface area contributed by atoms with Crippen molar-refractivity contribution in [3.05, 3.63) is 59.0 Å². The highest BCUT2D eigenvalue weighted by Crippen LogP contribution is 2.26. The predicted octanol–water partition coefficient (Wildman–Crippen LogP) is 1.23. The molecule has 1 aromatic heterocycles. The molecule has 0 radical (unpaired) electrons. The smallest absolute Gasteiger partial charge is 0.255 e. The van der Waals surface area contributed by atoms with Crippen LogP contribution in [0, 0.1) is 0 Å². The molecule has 1 aliphatic heterocycles. The Hall–Kier alpha value is -1.94. The third-order valence-electron chi connectivity index (χ3n) is 3.87. The lowest BCUT2D eigenvalue weighted by Gasteiger charge is -2.19. The number of amides is 1. The van der Waals surface area contributed by atoms with Gasteiger partial charge in [0.25, 0.3) is 5.56 Å². The van der Waals surface area contributed by atoms with Gasteiger partial charge in [-0.2, -0.15) is 0 Å². The van der Waals surface area contributed by atoms with Crippen LogP contribution < -0.4 is 10.5 Å². The van der Waals surface area contributed by atoms with Crippen LogP contribution in [0.25, 0.3) is 5.69 Å². The second-order valence-corrected chi connectivity index (χ2v) is 6.81. The summed E-state index contributed by atoms with van der Waals surface area (Å²) in [6.45, 7) is 0.433. The second kappa shape index (κ2) is 6.89. The second-order valence-electron chi connectivity index (χ2n) is 5.25. The van der Waals surface area contributed by atoms with Crippen LogP contribution in [0.1, 0.15) is 6.42 Å². The van der Waals surface area contributed by atoms with E-state index in [-0.39, 0.29) is 11.5 Å². The zero-order valence-corrected chi connectivity index (χ0v) is 14.2. The third-order valence-corrected chi connectivity index (χ3v) is 5.14. The highest BCUT2D eigenvalue weighted by Gasteiger charge is 2.37. The van der Waals surface area contributed by atoms with Gasteiger partial charge in [0.2, 0.25) is 17.2 Å². The zero-order valence-electron chi connectivity index (χ0n) is 12.5. The number of hydrogen-bond acceptors (Lipinski definition) is 4. The maximum atomic E-state index is 12.4. The van der Waals surface area contributed by atoms with Crippen LogP contribution in [0.3, 0.4) is 0 Å². The van der Waals surface area contributed by atoms with Crippen molar-refractivity contribution in [1.82, 2.24) is 8.28 Å². The van der Waals surface area contributed by atoms with E-state index < -0.39 is 17.3 Å². The van der Waals surface area contributed by atoms with E-state index in [1.807, 2.05) is 0 Å². The van der Waals surface area contributed by atoms with E-state index >= 15 is 0 Å². The molecule has 1 aliphatic rings. The molecule has 2 unspecified atom stereocenters. The molecule has 0 bridgehead atoms. The number of carbonyl (C=O) groups excluding carboxylic acids is 1. The van der Waals surface area contributed by atoms with Crippen LogP contribution in [-0.2, 0) is 16.1 Å². The lowest BCUT2D eigenvalue weighted by atomic mass is 10.2. The summed E-state index contributed by atoms with van der Waals surface area (Å²) in [5.74, 6) is -0.281. The fourth-order valence-corrected chi connectivity index (χ4v) is 3.30. The van der Waals surface area contributed by atoms with Crippen molar-refractivity contribution in [3.8, 4) is 5.69 Å². The normalized spacial score (nSPS) is 19.0. The molecule has 2 atom stereocenters. The minimum Gasteiger partial charge on any atom is -0.311 e. The van der Waals surface area contributed by atoms with Crippen molar-refractivity contribution < 1.29 is 13.6 Å². The lowest BCUT2D eigenvalue weighted by molar-refractivity contribution is -0.119. The molecule has 9 heteroatoms. The van der Waals surface area contributed by atoms with Crippen molar-refractivity contribution >= 4 is 35.7 Å². The average Bonchev–Trinajstić information content (AvgIpc) is 2.96. The van der Waals surface area contributed by atoms with Crippen LogP contribution in [0.5, 0.6) is 0 Å². The first kappa shape index (κ1) is 16.9. The molecule has 0 spiro atoms. The Bertz CT molecular complexity index is 837. The van der Waals surface area contributed by atoms with E-state index in [1.54, 1.807) is 42.6 Å². The molecule has 126 valence electrons. The van der Waals surface area contributed by atoms with E-state index in [1.165, 1.54) is 15.5 Å². The van der Waals surface area contributed by atoms with Gasteiger partial charge in [-0.05, 0) is 36.8 Å². The van der Waals surface area contributed by atoms with Crippen LogP contribution >= 0.6 is 12.8 Å². The predicted molar refractivity (Wildman–Crippen MR) is 94.4 cm³/mol. The minimum atomic E-state index is -2.31. The number of anilines is 1. The minimum absolute atomic E-state index is 0.140. The van der Waals surface area contributed by atoms with Crippen molar-refractivity contribution in [2.24, 2.45) is 0 Å². The molecule has 1 saturated heterocycles. The Labute approximate surface area is 146 Å². The van der Waals surface area contributed by atoms with Gasteiger partial charge in [-0.1, -0.05) is 18.9 Å². The van der Waals surface area contributed by atoms with Gasteiger partial charge in [0.1, 0.15) is 6.04 Å². The van der Waals surface area contributed by atoms with Crippen LogP contribution in [0.4, 0.5) is 5.69 Å². The average molecular weight is 365 g/mol. The first-order valence-corrected chi connectivity index (χ1v) is 8.64. The fraction of sp³-hybridized carbons (Fsp3) is 0.200. The number of hydrogen-bond donors (Lipinski definition) is 2. The largest absolute Gasteiger partial charge is 0.311 e. The summed E-state index contributed by atoms with van der Waals surface area (Å²) in [5.41, 5.74) is 1.22. The standard InChI is InChI=1S/C15H15N3O4S2/c19-14-3-1-2-9-16(14)11-4-6-12(7-5-11)17-10-8-13(15(17)20)18(23)24(21)22/h1-7,9,13,23H,8,10H2,(H,21,22). The lowest BCUT2D eigenvalue weighted by Crippen LogP contribution is -2.37. The van der Waals surface area contributed by atoms with Gasteiger partial charge in [-0.15, -0.1) is 3.71 Å². The van der Waals surface area contributed by atoms with Crippen LogP contribution in [0.15, 0.2) is 53.5 Å². The summed E-state index contributed by atoms with van der Waals surface area (Å²) in [6.07, 6.45) is 2.08. The monoisotopic (exact) mass is 365 g/mol. The van der Waals surface area contributed by atoms with E-state index in [4.69, 9.17) is 4.55 Å². The Kier molecular flexibility index (Phi) is 4.86. The number of rotatable bonds is 4. The highest BCUT2D eigenvalue weighted by molar-refractivity contribution is 7.93. The van der Waals surface area contributed by atoms with Crippen LogP contribution in [-0.4, -0.2) is 35.5 Å². The molecule has 24 heavy (non-hydrogen) atoms. The van der Waals surface area contributed by atoms with Crippen molar-refractivity contribution in [2.75, 3.05) is 11.4 Å². The van der Waals surface area contributed by atoms with Gasteiger partial charge in [-0.25, -0.2) is 4.21 Å². The van der Waals surface area contributed by atoms with Crippen molar-refractivity contribution in [1.29, 1.82) is 0 Å². The van der Waals surface area contributed by atoms with Gasteiger partial charge in [0.15, 0.2) is 0 Å². The molecule has 1 aromatic carbocycles. The summed E-state index contributed by atoms with van der Waals surface area (Å²) in [7, 11) is 0. The summed E-state index contributed by atoms with van der Waals surface area (Å²) in [5, 5.41) is 0.